The molecule has 1 fully saturated rings. The molecule has 0 aromatic heterocycles. The van der Waals surface area contributed by atoms with Crippen LogP contribution in [0.4, 0.5) is 0 Å². The van der Waals surface area contributed by atoms with Gasteiger partial charge in [-0.15, -0.1) is 0 Å². The molecule has 0 spiro atoms. The lowest BCUT2D eigenvalue weighted by atomic mass is 9.77. The molecular weight excluding hydrogens is 286 g/mol. The zero-order valence-corrected chi connectivity index (χ0v) is 13.7. The summed E-state index contributed by atoms with van der Waals surface area (Å²) >= 11 is 0. The first kappa shape index (κ1) is 16.3. The average Bonchev–Trinajstić information content (AvgIpc) is 2.48. The van der Waals surface area contributed by atoms with E-state index in [1.165, 1.54) is 43.9 Å². The van der Waals surface area contributed by atoms with E-state index < -0.39 is 10.0 Å². The predicted molar refractivity (Wildman–Crippen MR) is 85.2 cm³/mol. The first-order valence-electron chi connectivity index (χ1n) is 7.58. The highest BCUT2D eigenvalue weighted by molar-refractivity contribution is 7.88. The fourth-order valence-electron chi connectivity index (χ4n) is 3.19. The SMILES string of the molecule is COc1ccc([C@@H](CNS(C)(=O)=O)C2CCCCC2)cc1. The zero-order valence-electron chi connectivity index (χ0n) is 12.8. The van der Waals surface area contributed by atoms with Crippen LogP contribution in [0.5, 0.6) is 5.75 Å². The van der Waals surface area contributed by atoms with Crippen LogP contribution >= 0.6 is 0 Å². The lowest BCUT2D eigenvalue weighted by Gasteiger charge is -2.30. The Labute approximate surface area is 127 Å². The summed E-state index contributed by atoms with van der Waals surface area (Å²) < 4.78 is 30.7. The molecule has 0 heterocycles. The first-order valence-corrected chi connectivity index (χ1v) is 9.47. The molecule has 1 aromatic rings. The Hall–Kier alpha value is -1.07. The summed E-state index contributed by atoms with van der Waals surface area (Å²) in [6.45, 7) is 0.482. The Morgan fingerprint density at radius 1 is 1.19 bits per heavy atom. The van der Waals surface area contributed by atoms with Crippen molar-refractivity contribution in [2.24, 2.45) is 5.92 Å². The largest absolute Gasteiger partial charge is 0.497 e. The van der Waals surface area contributed by atoms with Crippen LogP contribution in [0, 0.1) is 5.92 Å². The van der Waals surface area contributed by atoms with Crippen LogP contribution in [0.25, 0.3) is 0 Å². The van der Waals surface area contributed by atoms with Gasteiger partial charge in [-0.25, -0.2) is 13.1 Å². The van der Waals surface area contributed by atoms with Gasteiger partial charge in [-0.3, -0.25) is 0 Å². The number of rotatable bonds is 6. The van der Waals surface area contributed by atoms with Crippen LogP contribution in [0.1, 0.15) is 43.6 Å². The molecule has 0 radical (unpaired) electrons. The number of nitrogens with one attached hydrogen (secondary N) is 1. The van der Waals surface area contributed by atoms with Crippen LogP contribution in [-0.4, -0.2) is 28.3 Å². The maximum atomic E-state index is 11.4. The van der Waals surface area contributed by atoms with Gasteiger partial charge in [0.2, 0.25) is 10.0 Å². The lowest BCUT2D eigenvalue weighted by molar-refractivity contribution is 0.303. The normalized spacial score (nSPS) is 18.4. The van der Waals surface area contributed by atoms with Gasteiger partial charge in [0.05, 0.1) is 13.4 Å². The van der Waals surface area contributed by atoms with Crippen molar-refractivity contribution in [1.29, 1.82) is 0 Å². The molecular formula is C16H25NO3S. The molecule has 0 unspecified atom stereocenters. The Balaban J connectivity index is 2.16. The molecule has 1 saturated carbocycles. The average molecular weight is 311 g/mol. The minimum absolute atomic E-state index is 0.242. The Kier molecular flexibility index (Phi) is 5.65. The van der Waals surface area contributed by atoms with Gasteiger partial charge >= 0.3 is 0 Å². The van der Waals surface area contributed by atoms with E-state index in [0.717, 1.165) is 5.75 Å². The van der Waals surface area contributed by atoms with Gasteiger partial charge in [0.25, 0.3) is 0 Å². The highest BCUT2D eigenvalue weighted by Crippen LogP contribution is 2.36. The third kappa shape index (κ3) is 5.00. The highest BCUT2D eigenvalue weighted by Gasteiger charge is 2.25. The number of hydrogen-bond acceptors (Lipinski definition) is 3. The predicted octanol–water partition coefficient (Wildman–Crippen LogP) is 2.91. The van der Waals surface area contributed by atoms with E-state index in [4.69, 9.17) is 4.74 Å². The summed E-state index contributed by atoms with van der Waals surface area (Å²) in [5, 5.41) is 0. The van der Waals surface area contributed by atoms with E-state index in [0.29, 0.717) is 12.5 Å². The van der Waals surface area contributed by atoms with Crippen molar-refractivity contribution in [1.82, 2.24) is 4.72 Å². The van der Waals surface area contributed by atoms with Gasteiger partial charge in [-0.05, 0) is 36.5 Å². The van der Waals surface area contributed by atoms with E-state index in [1.807, 2.05) is 12.1 Å². The van der Waals surface area contributed by atoms with Crippen LogP contribution in [0.2, 0.25) is 0 Å². The second-order valence-electron chi connectivity index (χ2n) is 5.90. The third-order valence-electron chi connectivity index (χ3n) is 4.33. The van der Waals surface area contributed by atoms with E-state index in [9.17, 15) is 8.42 Å². The molecule has 0 saturated heterocycles. The molecule has 1 N–H and O–H groups in total. The summed E-state index contributed by atoms with van der Waals surface area (Å²) in [5.74, 6) is 1.63. The van der Waals surface area contributed by atoms with E-state index in [-0.39, 0.29) is 5.92 Å². The fourth-order valence-corrected chi connectivity index (χ4v) is 3.67. The molecule has 118 valence electrons. The van der Waals surface area contributed by atoms with Crippen LogP contribution in [-0.2, 0) is 10.0 Å². The fraction of sp³-hybridized carbons (Fsp3) is 0.625. The Morgan fingerprint density at radius 3 is 2.33 bits per heavy atom. The number of methoxy groups -OCH3 is 1. The second-order valence-corrected chi connectivity index (χ2v) is 7.73. The Bertz CT molecular complexity index is 533. The standard InChI is InChI=1S/C16H25NO3S/c1-20-15-10-8-14(9-11-15)16(12-17-21(2,18)19)13-6-4-3-5-7-13/h8-11,13,16-17H,3-7,12H2,1-2H3/t16-/m0/s1. The monoisotopic (exact) mass is 311 g/mol. The van der Waals surface area contributed by atoms with Crippen LogP contribution in [0.15, 0.2) is 24.3 Å². The van der Waals surface area contributed by atoms with E-state index >= 15 is 0 Å². The summed E-state index contributed by atoms with van der Waals surface area (Å²) in [4.78, 5) is 0. The molecule has 0 bridgehead atoms. The van der Waals surface area contributed by atoms with Crippen molar-refractivity contribution in [2.45, 2.75) is 38.0 Å². The second kappa shape index (κ2) is 7.27. The van der Waals surface area contributed by atoms with Crippen molar-refractivity contribution in [3.05, 3.63) is 29.8 Å². The van der Waals surface area contributed by atoms with E-state index in [1.54, 1.807) is 7.11 Å². The summed E-state index contributed by atoms with van der Waals surface area (Å²) in [7, 11) is -1.50. The maximum Gasteiger partial charge on any atom is 0.208 e. The molecule has 1 aliphatic carbocycles. The lowest BCUT2D eigenvalue weighted by Crippen LogP contribution is -2.31. The van der Waals surface area contributed by atoms with Gasteiger partial charge in [0.15, 0.2) is 0 Å². The van der Waals surface area contributed by atoms with Crippen LogP contribution in [0.3, 0.4) is 0 Å². The number of sulfonamides is 1. The van der Waals surface area contributed by atoms with Crippen molar-refractivity contribution >= 4 is 10.0 Å². The Morgan fingerprint density at radius 2 is 1.81 bits per heavy atom. The minimum atomic E-state index is -3.15. The van der Waals surface area contributed by atoms with E-state index in [2.05, 4.69) is 16.9 Å². The summed E-state index contributed by atoms with van der Waals surface area (Å²) in [5.41, 5.74) is 1.19. The number of benzene rings is 1. The van der Waals surface area contributed by atoms with Gasteiger partial charge in [-0.1, -0.05) is 31.4 Å². The van der Waals surface area contributed by atoms with Crippen molar-refractivity contribution in [3.8, 4) is 5.75 Å². The number of ether oxygens (including phenoxy) is 1. The topological polar surface area (TPSA) is 55.4 Å². The molecule has 1 aliphatic rings. The molecule has 1 aromatic carbocycles. The molecule has 1 atom stereocenters. The first-order chi connectivity index (χ1) is 9.99. The molecule has 4 nitrogen and oxygen atoms in total. The molecule has 0 amide bonds. The maximum absolute atomic E-state index is 11.4. The van der Waals surface area contributed by atoms with Gasteiger partial charge in [0, 0.05) is 12.5 Å². The number of hydrogen-bond donors (Lipinski definition) is 1. The van der Waals surface area contributed by atoms with Gasteiger partial charge in [0.1, 0.15) is 5.75 Å². The minimum Gasteiger partial charge on any atom is -0.497 e. The molecule has 2 rings (SSSR count). The van der Waals surface area contributed by atoms with Gasteiger partial charge < -0.3 is 4.74 Å². The molecule has 21 heavy (non-hydrogen) atoms. The molecule has 0 aliphatic heterocycles. The quantitative estimate of drug-likeness (QED) is 0.879. The van der Waals surface area contributed by atoms with Crippen molar-refractivity contribution in [2.75, 3.05) is 19.9 Å². The third-order valence-corrected chi connectivity index (χ3v) is 5.02. The highest BCUT2D eigenvalue weighted by atomic mass is 32.2. The van der Waals surface area contributed by atoms with Gasteiger partial charge in [-0.2, -0.15) is 0 Å². The van der Waals surface area contributed by atoms with Crippen LogP contribution < -0.4 is 9.46 Å². The van der Waals surface area contributed by atoms with Crippen molar-refractivity contribution < 1.29 is 13.2 Å². The summed E-state index contributed by atoms with van der Waals surface area (Å²) in [6.07, 6.45) is 7.38. The smallest absolute Gasteiger partial charge is 0.208 e. The van der Waals surface area contributed by atoms with Crippen molar-refractivity contribution in [3.63, 3.8) is 0 Å². The summed E-state index contributed by atoms with van der Waals surface area (Å²) in [6, 6.07) is 8.02. The zero-order chi connectivity index (χ0) is 15.3. The molecule has 5 heteroatoms.